The first-order valence-corrected chi connectivity index (χ1v) is 6.60. The van der Waals surface area contributed by atoms with Crippen molar-refractivity contribution in [3.63, 3.8) is 0 Å². The molecular formula is C13H23N3O. The summed E-state index contributed by atoms with van der Waals surface area (Å²) in [4.78, 5) is 0. The van der Waals surface area contributed by atoms with Crippen LogP contribution in [0.1, 0.15) is 45.2 Å². The third-order valence-corrected chi connectivity index (χ3v) is 3.37. The maximum Gasteiger partial charge on any atom is 0.0775 e. The van der Waals surface area contributed by atoms with Crippen LogP contribution in [0.4, 0.5) is 0 Å². The molecule has 0 saturated carbocycles. The molecule has 0 radical (unpaired) electrons. The number of hydrogen-bond donors (Lipinski definition) is 1. The Balaban J connectivity index is 1.89. The summed E-state index contributed by atoms with van der Waals surface area (Å²) in [6.45, 7) is 8.29. The molecule has 96 valence electrons. The number of aromatic nitrogens is 2. The van der Waals surface area contributed by atoms with Crippen LogP contribution >= 0.6 is 0 Å². The van der Waals surface area contributed by atoms with Gasteiger partial charge in [-0.3, -0.25) is 4.68 Å². The van der Waals surface area contributed by atoms with E-state index in [4.69, 9.17) is 4.74 Å². The molecule has 1 N–H and O–H groups in total. The fraction of sp³-hybridized carbons (Fsp3) is 0.769. The van der Waals surface area contributed by atoms with Crippen LogP contribution in [0.3, 0.4) is 0 Å². The zero-order valence-electron chi connectivity index (χ0n) is 11.0. The van der Waals surface area contributed by atoms with E-state index in [9.17, 15) is 0 Å². The first-order valence-electron chi connectivity index (χ1n) is 6.60. The van der Waals surface area contributed by atoms with Crippen LogP contribution in [0.25, 0.3) is 0 Å². The minimum atomic E-state index is 0.340. The average molecular weight is 237 g/mol. The first-order chi connectivity index (χ1) is 8.19. The summed E-state index contributed by atoms with van der Waals surface area (Å²) >= 11 is 0. The highest BCUT2D eigenvalue weighted by molar-refractivity contribution is 5.09. The Morgan fingerprint density at radius 3 is 3.06 bits per heavy atom. The number of nitrogens with one attached hydrogen (secondary N) is 1. The molecule has 3 unspecified atom stereocenters. The molecule has 1 aliphatic rings. The van der Waals surface area contributed by atoms with Crippen LogP contribution in [0.2, 0.25) is 0 Å². The van der Waals surface area contributed by atoms with Crippen LogP contribution in [-0.2, 0) is 11.3 Å². The molecule has 1 aromatic heterocycles. The molecule has 0 aromatic carbocycles. The highest BCUT2D eigenvalue weighted by Gasteiger charge is 2.22. The van der Waals surface area contributed by atoms with Gasteiger partial charge in [0.05, 0.1) is 24.9 Å². The van der Waals surface area contributed by atoms with Gasteiger partial charge in [0, 0.05) is 17.8 Å². The van der Waals surface area contributed by atoms with E-state index in [0.29, 0.717) is 18.2 Å². The first kappa shape index (κ1) is 12.6. The third kappa shape index (κ3) is 3.30. The second kappa shape index (κ2) is 5.65. The molecule has 0 spiro atoms. The second-order valence-electron chi connectivity index (χ2n) is 4.92. The highest BCUT2D eigenvalue weighted by atomic mass is 16.5. The number of ether oxygens (including phenoxy) is 1. The lowest BCUT2D eigenvalue weighted by molar-refractivity contribution is 0.0437. The smallest absolute Gasteiger partial charge is 0.0775 e. The highest BCUT2D eigenvalue weighted by Crippen LogP contribution is 2.20. The van der Waals surface area contributed by atoms with Crippen LogP contribution in [0.5, 0.6) is 0 Å². The summed E-state index contributed by atoms with van der Waals surface area (Å²) in [5.41, 5.74) is 1.25. The van der Waals surface area contributed by atoms with Crippen LogP contribution in [0, 0.1) is 0 Å². The molecule has 0 bridgehead atoms. The summed E-state index contributed by atoms with van der Waals surface area (Å²) in [5, 5.41) is 7.80. The molecular weight excluding hydrogens is 214 g/mol. The second-order valence-corrected chi connectivity index (χ2v) is 4.92. The zero-order chi connectivity index (χ0) is 12.3. The van der Waals surface area contributed by atoms with Gasteiger partial charge in [-0.25, -0.2) is 0 Å². The van der Waals surface area contributed by atoms with E-state index in [2.05, 4.69) is 37.4 Å². The van der Waals surface area contributed by atoms with Gasteiger partial charge < -0.3 is 10.1 Å². The van der Waals surface area contributed by atoms with Gasteiger partial charge in [-0.2, -0.15) is 5.10 Å². The van der Waals surface area contributed by atoms with E-state index in [0.717, 1.165) is 19.5 Å². The molecule has 2 rings (SSSR count). The Bertz CT molecular complexity index is 350. The largest absolute Gasteiger partial charge is 0.373 e. The van der Waals surface area contributed by atoms with Gasteiger partial charge in [-0.05, 0) is 33.2 Å². The van der Waals surface area contributed by atoms with Gasteiger partial charge in [0.15, 0.2) is 0 Å². The lowest BCUT2D eigenvalue weighted by Gasteiger charge is -2.11. The van der Waals surface area contributed by atoms with Crippen molar-refractivity contribution >= 4 is 0 Å². The van der Waals surface area contributed by atoms with Crippen LogP contribution in [0.15, 0.2) is 12.4 Å². The van der Waals surface area contributed by atoms with Crippen molar-refractivity contribution in [2.24, 2.45) is 0 Å². The van der Waals surface area contributed by atoms with Gasteiger partial charge in [-0.1, -0.05) is 6.92 Å². The zero-order valence-corrected chi connectivity index (χ0v) is 11.0. The molecule has 2 heterocycles. The van der Waals surface area contributed by atoms with Crippen LogP contribution in [-0.4, -0.2) is 28.5 Å². The van der Waals surface area contributed by atoms with Crippen molar-refractivity contribution in [2.45, 2.75) is 58.4 Å². The molecule has 0 aliphatic carbocycles. The van der Waals surface area contributed by atoms with E-state index in [1.807, 2.05) is 10.9 Å². The predicted octanol–water partition coefficient (Wildman–Crippen LogP) is 2.12. The molecule has 4 nitrogen and oxygen atoms in total. The number of hydrogen-bond acceptors (Lipinski definition) is 3. The van der Waals surface area contributed by atoms with Gasteiger partial charge in [0.2, 0.25) is 0 Å². The lowest BCUT2D eigenvalue weighted by atomic mass is 10.2. The fourth-order valence-corrected chi connectivity index (χ4v) is 2.36. The van der Waals surface area contributed by atoms with Gasteiger partial charge in [0.25, 0.3) is 0 Å². The Morgan fingerprint density at radius 1 is 1.59 bits per heavy atom. The van der Waals surface area contributed by atoms with E-state index in [1.165, 1.54) is 12.0 Å². The van der Waals surface area contributed by atoms with E-state index >= 15 is 0 Å². The van der Waals surface area contributed by atoms with Gasteiger partial charge in [0.1, 0.15) is 0 Å². The third-order valence-electron chi connectivity index (χ3n) is 3.37. The lowest BCUT2D eigenvalue weighted by Crippen LogP contribution is -2.18. The monoisotopic (exact) mass is 237 g/mol. The molecule has 1 aliphatic heterocycles. The minimum absolute atomic E-state index is 0.340. The quantitative estimate of drug-likeness (QED) is 0.852. The van der Waals surface area contributed by atoms with Crippen molar-refractivity contribution < 1.29 is 4.74 Å². The van der Waals surface area contributed by atoms with Crippen molar-refractivity contribution in [1.29, 1.82) is 0 Å². The molecule has 4 heteroatoms. The van der Waals surface area contributed by atoms with Gasteiger partial charge in [-0.15, -0.1) is 0 Å². The van der Waals surface area contributed by atoms with E-state index in [1.54, 1.807) is 0 Å². The maximum atomic E-state index is 5.81. The summed E-state index contributed by atoms with van der Waals surface area (Å²) in [6, 6.07) is 0.372. The normalized spacial score (nSPS) is 26.3. The van der Waals surface area contributed by atoms with Crippen molar-refractivity contribution in [3.8, 4) is 0 Å². The van der Waals surface area contributed by atoms with Crippen molar-refractivity contribution in [2.75, 3.05) is 6.54 Å². The summed E-state index contributed by atoms with van der Waals surface area (Å²) in [5.74, 6) is 0. The van der Waals surface area contributed by atoms with E-state index < -0.39 is 0 Å². The minimum Gasteiger partial charge on any atom is -0.373 e. The predicted molar refractivity (Wildman–Crippen MR) is 67.9 cm³/mol. The van der Waals surface area contributed by atoms with E-state index in [-0.39, 0.29) is 0 Å². The fourth-order valence-electron chi connectivity index (χ4n) is 2.36. The topological polar surface area (TPSA) is 39.1 Å². The van der Waals surface area contributed by atoms with Crippen LogP contribution < -0.4 is 5.32 Å². The molecule has 1 aromatic rings. The molecule has 3 atom stereocenters. The molecule has 1 fully saturated rings. The Kier molecular flexibility index (Phi) is 4.18. The van der Waals surface area contributed by atoms with Crippen molar-refractivity contribution in [3.05, 3.63) is 18.0 Å². The molecule has 1 saturated heterocycles. The SMILES string of the molecule is CCNC(C)c1cnn(CC2CCC(C)O2)c1. The summed E-state index contributed by atoms with van der Waals surface area (Å²) in [6.07, 6.45) is 7.15. The summed E-state index contributed by atoms with van der Waals surface area (Å²) < 4.78 is 7.81. The summed E-state index contributed by atoms with van der Waals surface area (Å²) in [7, 11) is 0. The Hall–Kier alpha value is -0.870. The number of nitrogens with zero attached hydrogens (tertiary/aromatic N) is 2. The average Bonchev–Trinajstić information content (AvgIpc) is 2.89. The standard InChI is InChI=1S/C13H23N3O/c1-4-14-11(3)12-7-15-16(8-12)9-13-6-5-10(2)17-13/h7-8,10-11,13-14H,4-6,9H2,1-3H3. The Morgan fingerprint density at radius 2 is 2.41 bits per heavy atom. The van der Waals surface area contributed by atoms with Gasteiger partial charge >= 0.3 is 0 Å². The molecule has 0 amide bonds. The van der Waals surface area contributed by atoms with Crippen molar-refractivity contribution in [1.82, 2.24) is 15.1 Å². The maximum absolute atomic E-state index is 5.81. The number of rotatable bonds is 5. The Labute approximate surface area is 103 Å². The molecule has 17 heavy (non-hydrogen) atoms.